The number of carbonyl (C=O) groups excluding carboxylic acids is 1. The molecule has 1 saturated carbocycles. The van der Waals surface area contributed by atoms with Gasteiger partial charge in [-0.2, -0.15) is 0 Å². The number of amides is 1. The third-order valence-electron chi connectivity index (χ3n) is 5.23. The molecule has 0 aromatic carbocycles. The first-order chi connectivity index (χ1) is 12.5. The van der Waals surface area contributed by atoms with E-state index in [2.05, 4.69) is 6.92 Å². The fourth-order valence-electron chi connectivity index (χ4n) is 3.61. The second kappa shape index (κ2) is 13.1. The van der Waals surface area contributed by atoms with Crippen molar-refractivity contribution in [2.24, 2.45) is 17.6 Å². The van der Waals surface area contributed by atoms with Gasteiger partial charge in [-0.05, 0) is 31.6 Å². The predicted molar refractivity (Wildman–Crippen MR) is 104 cm³/mol. The molecule has 0 heterocycles. The number of aliphatic hydroxyl groups is 2. The summed E-state index contributed by atoms with van der Waals surface area (Å²) < 4.78 is 5.52. The summed E-state index contributed by atoms with van der Waals surface area (Å²) in [5.41, 5.74) is 5.12. The highest BCUT2D eigenvalue weighted by atomic mass is 16.5. The summed E-state index contributed by atoms with van der Waals surface area (Å²) in [7, 11) is 1.72. The number of nitrogens with two attached hydrogens (primary N) is 1. The Hall–Kier alpha value is -1.17. The van der Waals surface area contributed by atoms with Gasteiger partial charge in [-0.3, -0.25) is 4.79 Å². The van der Waals surface area contributed by atoms with Gasteiger partial charge in [0.2, 0.25) is 5.91 Å². The third kappa shape index (κ3) is 8.47. The minimum atomic E-state index is -0.511. The Bertz CT molecular complexity index is 449. The number of methoxy groups -OCH3 is 1. The molecule has 1 fully saturated rings. The Morgan fingerprint density at radius 3 is 2.65 bits per heavy atom. The lowest BCUT2D eigenvalue weighted by molar-refractivity contribution is -0.118. The maximum Gasteiger partial charge on any atom is 0.217 e. The van der Waals surface area contributed by atoms with E-state index >= 15 is 0 Å². The van der Waals surface area contributed by atoms with Gasteiger partial charge in [0.15, 0.2) is 0 Å². The van der Waals surface area contributed by atoms with Gasteiger partial charge in [0.1, 0.15) is 0 Å². The van der Waals surface area contributed by atoms with Crippen LogP contribution in [0.4, 0.5) is 0 Å². The monoisotopic (exact) mass is 367 g/mol. The molecule has 0 bridgehead atoms. The highest BCUT2D eigenvalue weighted by Crippen LogP contribution is 2.36. The van der Waals surface area contributed by atoms with E-state index < -0.39 is 12.2 Å². The second-order valence-electron chi connectivity index (χ2n) is 7.33. The summed E-state index contributed by atoms with van der Waals surface area (Å²) in [5, 5.41) is 20.6. The molecule has 3 unspecified atom stereocenters. The Morgan fingerprint density at radius 2 is 2.00 bits per heavy atom. The van der Waals surface area contributed by atoms with Crippen LogP contribution in [0, 0.1) is 11.8 Å². The van der Waals surface area contributed by atoms with Crippen molar-refractivity contribution in [3.8, 4) is 0 Å². The molecule has 0 spiro atoms. The molecule has 1 aliphatic rings. The van der Waals surface area contributed by atoms with Gasteiger partial charge in [0, 0.05) is 25.9 Å². The maximum atomic E-state index is 10.7. The van der Waals surface area contributed by atoms with Crippen LogP contribution in [0.3, 0.4) is 0 Å². The molecule has 150 valence electrons. The average Bonchev–Trinajstić information content (AvgIpc) is 2.87. The van der Waals surface area contributed by atoms with E-state index in [1.54, 1.807) is 7.11 Å². The Balaban J connectivity index is 2.53. The van der Waals surface area contributed by atoms with Crippen molar-refractivity contribution in [1.29, 1.82) is 0 Å². The van der Waals surface area contributed by atoms with E-state index in [0.29, 0.717) is 12.8 Å². The number of rotatable bonds is 13. The molecule has 0 saturated heterocycles. The van der Waals surface area contributed by atoms with Gasteiger partial charge in [-0.15, -0.1) is 0 Å². The van der Waals surface area contributed by atoms with Gasteiger partial charge in [0.25, 0.3) is 0 Å². The smallest absolute Gasteiger partial charge is 0.217 e. The highest BCUT2D eigenvalue weighted by molar-refractivity contribution is 5.73. The minimum absolute atomic E-state index is 0.0155. The molecule has 0 aliphatic heterocycles. The molecule has 4 N–H and O–H groups in total. The summed E-state index contributed by atoms with van der Waals surface area (Å²) in [6.45, 7) is 2.18. The number of allylic oxidation sites excluding steroid dienone is 2. The molecule has 26 heavy (non-hydrogen) atoms. The van der Waals surface area contributed by atoms with Gasteiger partial charge < -0.3 is 20.7 Å². The second-order valence-corrected chi connectivity index (χ2v) is 7.33. The molecule has 5 nitrogen and oxygen atoms in total. The standard InChI is InChI=1S/C21H37NO4/c1-3-4-7-10-16(26-2)13-14-18-17(19(23)15-20(18)24)11-8-5-6-9-12-21(22)25/h5,8,13-14,16-20,23-24H,3-4,6-7,9-12,15H2,1-2H3,(H2,22,25)/b8-5-,14-13+/t16?,17-,18-,19?,20?/m1/s1. The van der Waals surface area contributed by atoms with Crippen molar-refractivity contribution in [2.45, 2.75) is 83.0 Å². The van der Waals surface area contributed by atoms with Crippen LogP contribution in [0.15, 0.2) is 24.3 Å². The average molecular weight is 368 g/mol. The zero-order valence-electron chi connectivity index (χ0n) is 16.3. The first kappa shape index (κ1) is 22.9. The molecule has 0 radical (unpaired) electrons. The van der Waals surface area contributed by atoms with Gasteiger partial charge >= 0.3 is 0 Å². The number of ether oxygens (including phenoxy) is 1. The molecule has 5 heteroatoms. The largest absolute Gasteiger partial charge is 0.393 e. The van der Waals surface area contributed by atoms with Gasteiger partial charge in [-0.1, -0.05) is 50.5 Å². The van der Waals surface area contributed by atoms with Crippen molar-refractivity contribution in [3.05, 3.63) is 24.3 Å². The topological polar surface area (TPSA) is 92.8 Å². The number of aliphatic hydroxyl groups excluding tert-OH is 2. The summed E-state index contributed by atoms with van der Waals surface area (Å²) in [5.74, 6) is -0.310. The molecule has 0 aromatic heterocycles. The lowest BCUT2D eigenvalue weighted by Gasteiger charge is -2.20. The van der Waals surface area contributed by atoms with Crippen LogP contribution in [0.5, 0.6) is 0 Å². The lowest BCUT2D eigenvalue weighted by Crippen LogP contribution is -2.20. The lowest BCUT2D eigenvalue weighted by atomic mass is 9.89. The Morgan fingerprint density at radius 1 is 1.23 bits per heavy atom. The minimum Gasteiger partial charge on any atom is -0.393 e. The SMILES string of the molecule is CCCCCC(/C=C/[C@H]1C(O)CC(O)[C@@H]1C/C=C\CCCC(N)=O)OC. The van der Waals surface area contributed by atoms with Crippen LogP contribution >= 0.6 is 0 Å². The quantitative estimate of drug-likeness (QED) is 0.344. The van der Waals surface area contributed by atoms with E-state index in [-0.39, 0.29) is 23.8 Å². The normalized spacial score (nSPS) is 27.5. The van der Waals surface area contributed by atoms with E-state index in [1.165, 1.54) is 12.8 Å². The fourth-order valence-corrected chi connectivity index (χ4v) is 3.61. The van der Waals surface area contributed by atoms with Gasteiger partial charge in [-0.25, -0.2) is 0 Å². The Labute approximate surface area is 158 Å². The van der Waals surface area contributed by atoms with Crippen LogP contribution in [0.25, 0.3) is 0 Å². The summed E-state index contributed by atoms with van der Waals surface area (Å²) in [6, 6.07) is 0. The highest BCUT2D eigenvalue weighted by Gasteiger charge is 2.39. The van der Waals surface area contributed by atoms with Crippen molar-refractivity contribution in [1.82, 2.24) is 0 Å². The molecule has 1 amide bonds. The number of unbranched alkanes of at least 4 members (excludes halogenated alkanes) is 3. The first-order valence-corrected chi connectivity index (χ1v) is 10.00. The summed E-state index contributed by atoms with van der Waals surface area (Å²) >= 11 is 0. The molecular weight excluding hydrogens is 330 g/mol. The van der Waals surface area contributed by atoms with Gasteiger partial charge in [0.05, 0.1) is 18.3 Å². The molecule has 1 aliphatic carbocycles. The number of hydrogen-bond acceptors (Lipinski definition) is 4. The first-order valence-electron chi connectivity index (χ1n) is 10.00. The summed E-state index contributed by atoms with van der Waals surface area (Å²) in [6.07, 6.45) is 14.8. The van der Waals surface area contributed by atoms with E-state index in [1.807, 2.05) is 24.3 Å². The molecule has 1 rings (SSSR count). The van der Waals surface area contributed by atoms with Crippen molar-refractivity contribution < 1.29 is 19.7 Å². The van der Waals surface area contributed by atoms with Crippen molar-refractivity contribution in [3.63, 3.8) is 0 Å². The predicted octanol–water partition coefficient (Wildman–Crippen LogP) is 3.10. The van der Waals surface area contributed by atoms with Crippen LogP contribution < -0.4 is 5.73 Å². The Kier molecular flexibility index (Phi) is 11.5. The zero-order chi connectivity index (χ0) is 19.4. The van der Waals surface area contributed by atoms with Crippen LogP contribution in [-0.2, 0) is 9.53 Å². The number of primary amides is 1. The van der Waals surface area contributed by atoms with E-state index in [9.17, 15) is 15.0 Å². The van der Waals surface area contributed by atoms with Crippen LogP contribution in [-0.4, -0.2) is 41.5 Å². The third-order valence-corrected chi connectivity index (χ3v) is 5.23. The fraction of sp³-hybridized carbons (Fsp3) is 0.762. The maximum absolute atomic E-state index is 10.7. The van der Waals surface area contributed by atoms with Crippen molar-refractivity contribution in [2.75, 3.05) is 7.11 Å². The molecular formula is C21H37NO4. The van der Waals surface area contributed by atoms with E-state index in [4.69, 9.17) is 10.5 Å². The zero-order valence-corrected chi connectivity index (χ0v) is 16.3. The molecule has 0 aromatic rings. The number of hydrogen-bond donors (Lipinski definition) is 3. The van der Waals surface area contributed by atoms with Crippen molar-refractivity contribution >= 4 is 5.91 Å². The van der Waals surface area contributed by atoms with Crippen LogP contribution in [0.1, 0.15) is 64.7 Å². The van der Waals surface area contributed by atoms with E-state index in [0.717, 1.165) is 32.1 Å². The summed E-state index contributed by atoms with van der Waals surface area (Å²) in [4.78, 5) is 10.7. The van der Waals surface area contributed by atoms with Crippen LogP contribution in [0.2, 0.25) is 0 Å². The molecule has 5 atom stereocenters. The number of carbonyl (C=O) groups is 1.